The fourth-order valence-corrected chi connectivity index (χ4v) is 2.88. The zero-order valence-corrected chi connectivity index (χ0v) is 16.6. The lowest BCUT2D eigenvalue weighted by Gasteiger charge is -2.13. The number of amides is 1. The van der Waals surface area contributed by atoms with Crippen LogP contribution in [0.15, 0.2) is 72.8 Å². The molecule has 0 spiro atoms. The molecule has 1 amide bonds. The van der Waals surface area contributed by atoms with Crippen LogP contribution in [0.4, 0.5) is 8.78 Å². The number of Topliss-reactive ketones (excluding diaryl/α,β-unsaturated/α-hetero) is 1. The van der Waals surface area contributed by atoms with E-state index >= 15 is 0 Å². The molecular weight excluding hydrogens is 404 g/mol. The summed E-state index contributed by atoms with van der Waals surface area (Å²) in [7, 11) is 0. The van der Waals surface area contributed by atoms with Crippen molar-refractivity contribution in [1.29, 1.82) is 0 Å². The molecule has 158 valence electrons. The molecule has 1 atom stereocenters. The zero-order valence-electron chi connectivity index (χ0n) is 16.6. The van der Waals surface area contributed by atoms with E-state index in [1.165, 1.54) is 6.92 Å². The van der Waals surface area contributed by atoms with E-state index in [1.807, 2.05) is 30.3 Å². The number of ketones is 1. The molecule has 0 aliphatic rings. The first-order valence-electron chi connectivity index (χ1n) is 9.47. The number of ether oxygens (including phenoxy) is 1. The van der Waals surface area contributed by atoms with Crippen molar-refractivity contribution in [2.75, 3.05) is 6.54 Å². The van der Waals surface area contributed by atoms with Crippen molar-refractivity contribution in [3.8, 4) is 11.1 Å². The van der Waals surface area contributed by atoms with Gasteiger partial charge in [0.2, 0.25) is 5.78 Å². The second kappa shape index (κ2) is 9.75. The van der Waals surface area contributed by atoms with Crippen LogP contribution in [0.25, 0.3) is 11.1 Å². The summed E-state index contributed by atoms with van der Waals surface area (Å²) in [6, 6.07) is 19.2. The van der Waals surface area contributed by atoms with Gasteiger partial charge in [-0.25, -0.2) is 8.78 Å². The molecule has 1 N–H and O–H groups in total. The van der Waals surface area contributed by atoms with Gasteiger partial charge in [0, 0.05) is 11.1 Å². The van der Waals surface area contributed by atoms with Crippen molar-refractivity contribution in [3.05, 3.63) is 95.6 Å². The van der Waals surface area contributed by atoms with Crippen LogP contribution >= 0.6 is 0 Å². The molecule has 0 aliphatic heterocycles. The van der Waals surface area contributed by atoms with Gasteiger partial charge in [-0.1, -0.05) is 42.5 Å². The molecule has 31 heavy (non-hydrogen) atoms. The Morgan fingerprint density at radius 3 is 2.10 bits per heavy atom. The van der Waals surface area contributed by atoms with Gasteiger partial charge in [-0.05, 0) is 48.4 Å². The Bertz CT molecular complexity index is 1100. The van der Waals surface area contributed by atoms with Gasteiger partial charge in [-0.15, -0.1) is 0 Å². The number of esters is 1. The topological polar surface area (TPSA) is 72.5 Å². The van der Waals surface area contributed by atoms with E-state index in [1.54, 1.807) is 24.3 Å². The molecule has 5 nitrogen and oxygen atoms in total. The first-order valence-corrected chi connectivity index (χ1v) is 9.47. The number of hydrogen-bond acceptors (Lipinski definition) is 4. The summed E-state index contributed by atoms with van der Waals surface area (Å²) < 4.78 is 31.2. The molecule has 7 heteroatoms. The number of carbonyl (C=O) groups excluding carboxylic acids is 3. The van der Waals surface area contributed by atoms with Crippen molar-refractivity contribution in [2.45, 2.75) is 13.0 Å². The Kier molecular flexibility index (Phi) is 6.87. The molecular formula is C24H19F2NO4. The van der Waals surface area contributed by atoms with E-state index in [-0.39, 0.29) is 5.56 Å². The normalized spacial score (nSPS) is 11.5. The minimum atomic E-state index is -1.22. The Hall–Kier alpha value is -3.87. The molecule has 3 aromatic carbocycles. The van der Waals surface area contributed by atoms with E-state index in [9.17, 15) is 23.2 Å². The fraction of sp³-hybridized carbons (Fsp3) is 0.125. The maximum Gasteiger partial charge on any atom is 0.326 e. The van der Waals surface area contributed by atoms with E-state index in [4.69, 9.17) is 4.74 Å². The van der Waals surface area contributed by atoms with E-state index in [0.717, 1.165) is 29.3 Å². The third kappa shape index (κ3) is 5.60. The van der Waals surface area contributed by atoms with Crippen molar-refractivity contribution >= 4 is 17.7 Å². The molecule has 0 bridgehead atoms. The van der Waals surface area contributed by atoms with E-state index in [2.05, 4.69) is 5.32 Å². The van der Waals surface area contributed by atoms with Gasteiger partial charge in [0.25, 0.3) is 5.91 Å². The Balaban J connectivity index is 1.52. The third-order valence-electron chi connectivity index (χ3n) is 4.53. The number of nitrogens with one attached hydrogen (secondary N) is 1. The van der Waals surface area contributed by atoms with Gasteiger partial charge in [0.15, 0.2) is 17.7 Å². The largest absolute Gasteiger partial charge is 0.453 e. The molecule has 0 heterocycles. The first kappa shape index (κ1) is 21.8. The Morgan fingerprint density at radius 2 is 1.45 bits per heavy atom. The number of carbonyl (C=O) groups is 3. The van der Waals surface area contributed by atoms with Gasteiger partial charge in [0.05, 0.1) is 0 Å². The van der Waals surface area contributed by atoms with Gasteiger partial charge >= 0.3 is 5.97 Å². The number of halogens is 2. The summed E-state index contributed by atoms with van der Waals surface area (Å²) in [5.74, 6) is -4.25. The highest BCUT2D eigenvalue weighted by Gasteiger charge is 2.21. The maximum atomic E-state index is 13.3. The minimum absolute atomic E-state index is 0.123. The smallest absolute Gasteiger partial charge is 0.326 e. The Labute approximate surface area is 177 Å². The van der Waals surface area contributed by atoms with Gasteiger partial charge in [-0.2, -0.15) is 0 Å². The lowest BCUT2D eigenvalue weighted by molar-refractivity contribution is -0.145. The van der Waals surface area contributed by atoms with Crippen LogP contribution in [0.1, 0.15) is 27.6 Å². The summed E-state index contributed by atoms with van der Waals surface area (Å²) >= 11 is 0. The molecule has 1 unspecified atom stereocenters. The van der Waals surface area contributed by atoms with Crippen LogP contribution in [0.2, 0.25) is 0 Å². The molecule has 0 saturated heterocycles. The quantitative estimate of drug-likeness (QED) is 0.457. The first-order chi connectivity index (χ1) is 14.8. The number of rotatable bonds is 7. The molecule has 0 aromatic heterocycles. The molecule has 0 aliphatic carbocycles. The zero-order chi connectivity index (χ0) is 22.4. The standard InChI is InChI=1S/C24H19F2NO4/c1-15(23(29)19-11-12-20(25)21(26)13-19)31-22(28)14-27-24(30)18-9-7-17(8-10-18)16-5-3-2-4-6-16/h2-13,15H,14H2,1H3,(H,27,30). The average molecular weight is 423 g/mol. The lowest BCUT2D eigenvalue weighted by Crippen LogP contribution is -2.34. The van der Waals surface area contributed by atoms with Crippen LogP contribution in [-0.2, 0) is 9.53 Å². The van der Waals surface area contributed by atoms with Crippen LogP contribution in [0.5, 0.6) is 0 Å². The number of benzene rings is 3. The van der Waals surface area contributed by atoms with Crippen molar-refractivity contribution in [1.82, 2.24) is 5.32 Å². The molecule has 0 radical (unpaired) electrons. The summed E-state index contributed by atoms with van der Waals surface area (Å²) in [5, 5.41) is 2.42. The van der Waals surface area contributed by atoms with Gasteiger partial charge in [0.1, 0.15) is 6.54 Å². The lowest BCUT2D eigenvalue weighted by atomic mass is 10.0. The predicted molar refractivity (Wildman–Crippen MR) is 110 cm³/mol. The SMILES string of the molecule is CC(OC(=O)CNC(=O)c1ccc(-c2ccccc2)cc1)C(=O)c1ccc(F)c(F)c1. The fourth-order valence-electron chi connectivity index (χ4n) is 2.88. The highest BCUT2D eigenvalue weighted by Crippen LogP contribution is 2.19. The summed E-state index contributed by atoms with van der Waals surface area (Å²) in [6.45, 7) is 0.861. The second-order valence-corrected chi connectivity index (χ2v) is 6.75. The van der Waals surface area contributed by atoms with Crippen LogP contribution in [-0.4, -0.2) is 30.3 Å². The van der Waals surface area contributed by atoms with Crippen LogP contribution in [0.3, 0.4) is 0 Å². The van der Waals surface area contributed by atoms with Crippen LogP contribution in [0, 0.1) is 11.6 Å². The average Bonchev–Trinajstić information content (AvgIpc) is 2.79. The predicted octanol–water partition coefficient (Wildman–Crippen LogP) is 4.18. The molecule has 0 saturated carbocycles. The van der Waals surface area contributed by atoms with Gasteiger partial charge < -0.3 is 10.1 Å². The highest BCUT2D eigenvalue weighted by molar-refractivity contribution is 6.00. The Morgan fingerprint density at radius 1 is 0.839 bits per heavy atom. The third-order valence-corrected chi connectivity index (χ3v) is 4.53. The second-order valence-electron chi connectivity index (χ2n) is 6.75. The van der Waals surface area contributed by atoms with E-state index in [0.29, 0.717) is 5.56 Å². The van der Waals surface area contributed by atoms with Crippen molar-refractivity contribution in [3.63, 3.8) is 0 Å². The van der Waals surface area contributed by atoms with Crippen molar-refractivity contribution in [2.24, 2.45) is 0 Å². The van der Waals surface area contributed by atoms with Gasteiger partial charge in [-0.3, -0.25) is 14.4 Å². The van der Waals surface area contributed by atoms with Crippen LogP contribution < -0.4 is 5.32 Å². The highest BCUT2D eigenvalue weighted by atomic mass is 19.2. The molecule has 3 rings (SSSR count). The maximum absolute atomic E-state index is 13.3. The van der Waals surface area contributed by atoms with E-state index < -0.39 is 41.9 Å². The monoisotopic (exact) mass is 423 g/mol. The summed E-state index contributed by atoms with van der Waals surface area (Å²) in [6.07, 6.45) is -1.22. The number of hydrogen-bond donors (Lipinski definition) is 1. The molecule has 0 fully saturated rings. The van der Waals surface area contributed by atoms with Crippen molar-refractivity contribution < 1.29 is 27.9 Å². The molecule has 3 aromatic rings. The summed E-state index contributed by atoms with van der Waals surface area (Å²) in [4.78, 5) is 36.4. The minimum Gasteiger partial charge on any atom is -0.453 e. The summed E-state index contributed by atoms with van der Waals surface area (Å²) in [5.41, 5.74) is 2.19.